The molecular weight excluding hydrogens is 322 g/mol. The lowest BCUT2D eigenvalue weighted by Gasteiger charge is -2.15. The Bertz CT molecular complexity index is 857. The Labute approximate surface area is 154 Å². The molecular formula is C21H25N5. The molecule has 0 unspecified atom stereocenters. The summed E-state index contributed by atoms with van der Waals surface area (Å²) in [5.74, 6) is 1.38. The Morgan fingerprint density at radius 3 is 2.46 bits per heavy atom. The summed E-state index contributed by atoms with van der Waals surface area (Å²) < 4.78 is 0. The van der Waals surface area contributed by atoms with Gasteiger partial charge in [0.25, 0.3) is 0 Å². The summed E-state index contributed by atoms with van der Waals surface area (Å²) in [4.78, 5) is 13.5. The van der Waals surface area contributed by atoms with E-state index in [0.717, 1.165) is 29.2 Å². The van der Waals surface area contributed by atoms with E-state index in [4.69, 9.17) is 0 Å². The number of pyridine rings is 1. The number of aromatic nitrogens is 3. The summed E-state index contributed by atoms with van der Waals surface area (Å²) >= 11 is 0. The molecule has 5 heteroatoms. The highest BCUT2D eigenvalue weighted by atomic mass is 15.2. The first-order valence-corrected chi connectivity index (χ1v) is 8.95. The number of anilines is 3. The Balaban J connectivity index is 1.98. The molecule has 0 radical (unpaired) electrons. The van der Waals surface area contributed by atoms with Crippen LogP contribution in [0.2, 0.25) is 0 Å². The summed E-state index contributed by atoms with van der Waals surface area (Å²) in [6.07, 6.45) is 4.58. The summed E-state index contributed by atoms with van der Waals surface area (Å²) in [6.45, 7) is 8.44. The molecule has 2 heterocycles. The first-order chi connectivity index (χ1) is 12.5. The number of benzene rings is 1. The third-order valence-corrected chi connectivity index (χ3v) is 4.17. The molecule has 0 aliphatic rings. The van der Waals surface area contributed by atoms with Crippen molar-refractivity contribution in [2.75, 3.05) is 10.6 Å². The molecule has 3 aromatic rings. The highest BCUT2D eigenvalue weighted by molar-refractivity contribution is 5.67. The van der Waals surface area contributed by atoms with E-state index >= 15 is 0 Å². The van der Waals surface area contributed by atoms with Gasteiger partial charge >= 0.3 is 0 Å². The van der Waals surface area contributed by atoms with Gasteiger partial charge in [0, 0.05) is 35.8 Å². The topological polar surface area (TPSA) is 62.7 Å². The van der Waals surface area contributed by atoms with Gasteiger partial charge in [0.2, 0.25) is 5.95 Å². The maximum Gasteiger partial charge on any atom is 0.225 e. The van der Waals surface area contributed by atoms with Gasteiger partial charge in [-0.05, 0) is 62.6 Å². The van der Waals surface area contributed by atoms with Crippen molar-refractivity contribution in [1.29, 1.82) is 0 Å². The molecule has 1 atom stereocenters. The Morgan fingerprint density at radius 1 is 1.04 bits per heavy atom. The normalized spacial score (nSPS) is 11.8. The molecule has 0 aliphatic heterocycles. The van der Waals surface area contributed by atoms with Crippen LogP contribution in [0.1, 0.15) is 31.4 Å². The van der Waals surface area contributed by atoms with Crippen LogP contribution >= 0.6 is 0 Å². The average Bonchev–Trinajstić information content (AvgIpc) is 2.61. The molecule has 0 amide bonds. The second kappa shape index (κ2) is 7.95. The van der Waals surface area contributed by atoms with Crippen LogP contribution in [0.3, 0.4) is 0 Å². The smallest absolute Gasteiger partial charge is 0.225 e. The number of rotatable bonds is 6. The van der Waals surface area contributed by atoms with Crippen LogP contribution in [0.15, 0.2) is 48.8 Å². The quantitative estimate of drug-likeness (QED) is 0.649. The van der Waals surface area contributed by atoms with Crippen LogP contribution in [0.25, 0.3) is 11.3 Å². The SMILES string of the molecule is CC[C@H](C)Nc1nc(Nc2cc(C)cc(C)c2)cc(-c2cccnc2)n1. The van der Waals surface area contributed by atoms with Gasteiger partial charge < -0.3 is 10.6 Å². The highest BCUT2D eigenvalue weighted by Gasteiger charge is 2.09. The third kappa shape index (κ3) is 4.57. The van der Waals surface area contributed by atoms with Gasteiger partial charge in [0.15, 0.2) is 0 Å². The van der Waals surface area contributed by atoms with Gasteiger partial charge in [-0.15, -0.1) is 0 Å². The van der Waals surface area contributed by atoms with E-state index in [2.05, 4.69) is 71.5 Å². The Morgan fingerprint density at radius 2 is 1.81 bits per heavy atom. The molecule has 1 aromatic carbocycles. The van der Waals surface area contributed by atoms with Crippen molar-refractivity contribution in [2.24, 2.45) is 0 Å². The van der Waals surface area contributed by atoms with E-state index in [0.29, 0.717) is 12.0 Å². The molecule has 3 rings (SSSR count). The molecule has 0 bridgehead atoms. The van der Waals surface area contributed by atoms with Crippen LogP contribution < -0.4 is 10.6 Å². The van der Waals surface area contributed by atoms with E-state index in [1.807, 2.05) is 24.4 Å². The maximum atomic E-state index is 4.67. The maximum absolute atomic E-state index is 4.67. The summed E-state index contributed by atoms with van der Waals surface area (Å²) in [5.41, 5.74) is 5.25. The number of hydrogen-bond donors (Lipinski definition) is 2. The van der Waals surface area contributed by atoms with E-state index < -0.39 is 0 Å². The van der Waals surface area contributed by atoms with E-state index in [1.165, 1.54) is 11.1 Å². The lowest BCUT2D eigenvalue weighted by atomic mass is 10.1. The van der Waals surface area contributed by atoms with Gasteiger partial charge in [0.1, 0.15) is 5.82 Å². The van der Waals surface area contributed by atoms with Crippen molar-refractivity contribution in [1.82, 2.24) is 15.0 Å². The number of nitrogens with one attached hydrogen (secondary N) is 2. The zero-order chi connectivity index (χ0) is 18.5. The fourth-order valence-electron chi connectivity index (χ4n) is 2.76. The van der Waals surface area contributed by atoms with Crippen LogP contribution in [-0.2, 0) is 0 Å². The minimum absolute atomic E-state index is 0.299. The number of nitrogens with zero attached hydrogens (tertiary/aromatic N) is 3. The molecule has 5 nitrogen and oxygen atoms in total. The summed E-state index contributed by atoms with van der Waals surface area (Å²) in [5, 5.41) is 6.78. The second-order valence-electron chi connectivity index (χ2n) is 6.66. The Kier molecular flexibility index (Phi) is 5.46. The lowest BCUT2D eigenvalue weighted by molar-refractivity contribution is 0.753. The minimum atomic E-state index is 0.299. The third-order valence-electron chi connectivity index (χ3n) is 4.17. The van der Waals surface area contributed by atoms with Crippen molar-refractivity contribution in [2.45, 2.75) is 40.2 Å². The summed E-state index contributed by atoms with van der Waals surface area (Å²) in [6, 6.07) is 12.5. The fraction of sp³-hybridized carbons (Fsp3) is 0.286. The Hall–Kier alpha value is -2.95. The molecule has 0 fully saturated rings. The largest absolute Gasteiger partial charge is 0.352 e. The van der Waals surface area contributed by atoms with Crippen molar-refractivity contribution >= 4 is 17.5 Å². The average molecular weight is 347 g/mol. The first-order valence-electron chi connectivity index (χ1n) is 8.95. The van der Waals surface area contributed by atoms with Crippen molar-refractivity contribution < 1.29 is 0 Å². The zero-order valence-corrected chi connectivity index (χ0v) is 15.7. The van der Waals surface area contributed by atoms with Gasteiger partial charge in [-0.3, -0.25) is 4.98 Å². The first kappa shape index (κ1) is 17.9. The molecule has 0 saturated heterocycles. The molecule has 0 spiro atoms. The number of hydrogen-bond acceptors (Lipinski definition) is 5. The fourth-order valence-corrected chi connectivity index (χ4v) is 2.76. The van der Waals surface area contributed by atoms with Crippen LogP contribution in [-0.4, -0.2) is 21.0 Å². The molecule has 0 saturated carbocycles. The van der Waals surface area contributed by atoms with E-state index in [9.17, 15) is 0 Å². The summed E-state index contributed by atoms with van der Waals surface area (Å²) in [7, 11) is 0. The van der Waals surface area contributed by atoms with Crippen molar-refractivity contribution in [3.8, 4) is 11.3 Å². The van der Waals surface area contributed by atoms with Gasteiger partial charge in [-0.25, -0.2) is 4.98 Å². The second-order valence-corrected chi connectivity index (χ2v) is 6.66. The van der Waals surface area contributed by atoms with Crippen LogP contribution in [0.4, 0.5) is 17.5 Å². The molecule has 134 valence electrons. The predicted molar refractivity (Wildman–Crippen MR) is 108 cm³/mol. The minimum Gasteiger partial charge on any atom is -0.352 e. The highest BCUT2D eigenvalue weighted by Crippen LogP contribution is 2.24. The van der Waals surface area contributed by atoms with Crippen molar-refractivity contribution in [3.05, 3.63) is 59.9 Å². The lowest BCUT2D eigenvalue weighted by Crippen LogP contribution is -2.16. The van der Waals surface area contributed by atoms with E-state index in [-0.39, 0.29) is 0 Å². The molecule has 26 heavy (non-hydrogen) atoms. The molecule has 2 N–H and O–H groups in total. The monoisotopic (exact) mass is 347 g/mol. The molecule has 0 aliphatic carbocycles. The van der Waals surface area contributed by atoms with Gasteiger partial charge in [-0.2, -0.15) is 4.98 Å². The van der Waals surface area contributed by atoms with Crippen LogP contribution in [0, 0.1) is 13.8 Å². The molecule has 2 aromatic heterocycles. The van der Waals surface area contributed by atoms with Gasteiger partial charge in [-0.1, -0.05) is 13.0 Å². The van der Waals surface area contributed by atoms with Gasteiger partial charge in [0.05, 0.1) is 5.69 Å². The van der Waals surface area contributed by atoms with Crippen molar-refractivity contribution in [3.63, 3.8) is 0 Å². The predicted octanol–water partition coefficient (Wildman–Crippen LogP) is 5.11. The zero-order valence-electron chi connectivity index (χ0n) is 15.7. The van der Waals surface area contributed by atoms with E-state index in [1.54, 1.807) is 6.20 Å². The van der Waals surface area contributed by atoms with Crippen LogP contribution in [0.5, 0.6) is 0 Å². The standard InChI is InChI=1S/C21H25N5/c1-5-16(4)23-21-25-19(17-7-6-8-22-13-17)12-20(26-21)24-18-10-14(2)9-15(3)11-18/h6-13,16H,5H2,1-4H3,(H2,23,24,25,26)/t16-/m0/s1. The number of aryl methyl sites for hydroxylation is 2.